The molecule has 1 rings (SSSR count). The summed E-state index contributed by atoms with van der Waals surface area (Å²) in [6.45, 7) is 4.16. The normalized spacial score (nSPS) is 10.4. The van der Waals surface area contributed by atoms with E-state index in [4.69, 9.17) is 30.6 Å². The van der Waals surface area contributed by atoms with Gasteiger partial charge in [-0.25, -0.2) is 4.79 Å². The first-order valence-electron chi connectivity index (χ1n) is 8.26. The SMILES string of the molecule is NCCCOCCOCCCN.O=C([O-])c1cc(C(=O)O)cc(S(=O)(=O)O)c1.[Na+]. The van der Waals surface area contributed by atoms with Crippen LogP contribution >= 0.6 is 0 Å². The molecule has 0 aromatic heterocycles. The van der Waals surface area contributed by atoms with Gasteiger partial charge in [-0.3, -0.25) is 4.55 Å². The van der Waals surface area contributed by atoms with Gasteiger partial charge < -0.3 is 35.9 Å². The Bertz CT molecular complexity index is 687. The number of benzene rings is 1. The largest absolute Gasteiger partial charge is 1.00 e. The number of hydrogen-bond acceptors (Lipinski definition) is 9. The van der Waals surface area contributed by atoms with Crippen molar-refractivity contribution in [1.82, 2.24) is 0 Å². The first-order valence-corrected chi connectivity index (χ1v) is 9.70. The van der Waals surface area contributed by atoms with Crippen LogP contribution in [0.4, 0.5) is 0 Å². The maximum Gasteiger partial charge on any atom is 1.00 e. The maximum absolute atomic E-state index is 10.7. The van der Waals surface area contributed by atoms with Crippen molar-refractivity contribution in [2.24, 2.45) is 11.5 Å². The summed E-state index contributed by atoms with van der Waals surface area (Å²) >= 11 is 0. The summed E-state index contributed by atoms with van der Waals surface area (Å²) in [5.41, 5.74) is 9.35. The minimum Gasteiger partial charge on any atom is -0.545 e. The third-order valence-electron chi connectivity index (χ3n) is 3.04. The predicted octanol–water partition coefficient (Wildman–Crippen LogP) is -4.28. The smallest absolute Gasteiger partial charge is 0.545 e. The molecule has 0 heterocycles. The predicted molar refractivity (Wildman–Crippen MR) is 96.5 cm³/mol. The number of carbonyl (C=O) groups is 2. The summed E-state index contributed by atoms with van der Waals surface area (Å²) in [7, 11) is -4.67. The molecule has 160 valence electrons. The summed E-state index contributed by atoms with van der Waals surface area (Å²) < 4.78 is 40.6. The number of aromatic carboxylic acids is 2. The molecule has 0 aliphatic heterocycles. The van der Waals surface area contributed by atoms with E-state index in [0.29, 0.717) is 38.4 Å². The molecule has 29 heavy (non-hydrogen) atoms. The average molecular weight is 444 g/mol. The van der Waals surface area contributed by atoms with Crippen LogP contribution in [0.25, 0.3) is 0 Å². The average Bonchev–Trinajstić information content (AvgIpc) is 2.63. The Morgan fingerprint density at radius 2 is 1.38 bits per heavy atom. The first-order chi connectivity index (χ1) is 13.1. The Morgan fingerprint density at radius 1 is 0.931 bits per heavy atom. The van der Waals surface area contributed by atoms with Gasteiger partial charge >= 0.3 is 35.5 Å². The van der Waals surface area contributed by atoms with Crippen molar-refractivity contribution in [3.05, 3.63) is 29.3 Å². The summed E-state index contributed by atoms with van der Waals surface area (Å²) in [6, 6.07) is 1.98. The van der Waals surface area contributed by atoms with Gasteiger partial charge in [0.1, 0.15) is 0 Å². The third-order valence-corrected chi connectivity index (χ3v) is 3.88. The summed E-state index contributed by atoms with van der Waals surface area (Å²) in [6.07, 6.45) is 1.84. The first kappa shape index (κ1) is 30.1. The fourth-order valence-corrected chi connectivity index (χ4v) is 2.23. The second kappa shape index (κ2) is 16.7. The van der Waals surface area contributed by atoms with E-state index in [0.717, 1.165) is 32.1 Å². The molecule has 0 unspecified atom stereocenters. The minimum absolute atomic E-state index is 0. The van der Waals surface area contributed by atoms with E-state index >= 15 is 0 Å². The molecule has 1 aromatic rings. The van der Waals surface area contributed by atoms with Crippen molar-refractivity contribution in [2.45, 2.75) is 17.7 Å². The van der Waals surface area contributed by atoms with Crippen molar-refractivity contribution in [2.75, 3.05) is 39.5 Å². The van der Waals surface area contributed by atoms with Crippen molar-refractivity contribution in [3.8, 4) is 0 Å². The molecule has 0 aliphatic carbocycles. The van der Waals surface area contributed by atoms with Crippen molar-refractivity contribution < 1.29 is 71.8 Å². The van der Waals surface area contributed by atoms with Gasteiger partial charge in [0.25, 0.3) is 10.1 Å². The van der Waals surface area contributed by atoms with Crippen LogP contribution in [0.5, 0.6) is 0 Å². The molecule has 0 amide bonds. The zero-order valence-electron chi connectivity index (χ0n) is 16.2. The molecule has 0 radical (unpaired) electrons. The zero-order valence-corrected chi connectivity index (χ0v) is 19.0. The van der Waals surface area contributed by atoms with Gasteiger partial charge in [0.15, 0.2) is 0 Å². The van der Waals surface area contributed by atoms with E-state index in [1.165, 1.54) is 0 Å². The molecule has 0 bridgehead atoms. The van der Waals surface area contributed by atoms with Crippen LogP contribution in [0.1, 0.15) is 33.6 Å². The Hall–Kier alpha value is -1.09. The number of nitrogens with two attached hydrogens (primary N) is 2. The van der Waals surface area contributed by atoms with Crippen LogP contribution in [0.2, 0.25) is 0 Å². The monoisotopic (exact) mass is 444 g/mol. The summed E-state index contributed by atoms with van der Waals surface area (Å²) in [4.78, 5) is 20.2. The number of carboxylic acids is 2. The Morgan fingerprint density at radius 3 is 1.72 bits per heavy atom. The topological polar surface area (TPSA) is 202 Å². The van der Waals surface area contributed by atoms with E-state index in [2.05, 4.69) is 0 Å². The van der Waals surface area contributed by atoms with Crippen LogP contribution in [0.3, 0.4) is 0 Å². The van der Waals surface area contributed by atoms with Crippen molar-refractivity contribution in [1.29, 1.82) is 0 Å². The van der Waals surface area contributed by atoms with Gasteiger partial charge in [-0.2, -0.15) is 8.42 Å². The van der Waals surface area contributed by atoms with Gasteiger partial charge in [-0.05, 0) is 49.7 Å². The van der Waals surface area contributed by atoms with Crippen LogP contribution in [-0.4, -0.2) is 69.5 Å². The van der Waals surface area contributed by atoms with Crippen LogP contribution in [0, 0.1) is 0 Å². The Balaban J connectivity index is 0. The van der Waals surface area contributed by atoms with Gasteiger partial charge in [-0.1, -0.05) is 0 Å². The summed E-state index contributed by atoms with van der Waals surface area (Å²) in [5.74, 6) is -3.26. The molecule has 0 saturated carbocycles. The number of carboxylic acid groups (broad SMARTS) is 2. The summed E-state index contributed by atoms with van der Waals surface area (Å²) in [5, 5.41) is 19.1. The van der Waals surface area contributed by atoms with Gasteiger partial charge in [-0.15, -0.1) is 0 Å². The van der Waals surface area contributed by atoms with Gasteiger partial charge in [0, 0.05) is 13.2 Å². The minimum atomic E-state index is -4.67. The molecule has 0 saturated heterocycles. The number of hydrogen-bond donors (Lipinski definition) is 4. The fourth-order valence-electron chi connectivity index (χ4n) is 1.68. The van der Waals surface area contributed by atoms with E-state index < -0.39 is 38.1 Å². The second-order valence-corrected chi connectivity index (χ2v) is 6.74. The Labute approximate surface area is 191 Å². The van der Waals surface area contributed by atoms with Crippen LogP contribution in [0.15, 0.2) is 23.1 Å². The standard InChI is InChI=1S/C8H20N2O2.C8H6O7S.Na/c9-3-1-5-11-7-8-12-6-2-4-10;9-7(10)4-1-5(8(11)12)3-6(2-4)16(13,14)15;/h1-10H2;1-3H,(H,9,10)(H,11,12)(H,13,14,15);/q;;+1/p-1. The van der Waals surface area contributed by atoms with E-state index in [-0.39, 0.29) is 29.6 Å². The third kappa shape index (κ3) is 14.5. The molecule has 13 heteroatoms. The zero-order chi connectivity index (χ0) is 21.6. The second-order valence-electron chi connectivity index (χ2n) is 5.32. The molecule has 0 aliphatic rings. The number of rotatable bonds is 12. The van der Waals surface area contributed by atoms with E-state index in [9.17, 15) is 23.1 Å². The van der Waals surface area contributed by atoms with E-state index in [1.807, 2.05) is 0 Å². The molecule has 11 nitrogen and oxygen atoms in total. The Kier molecular flexibility index (Phi) is 17.3. The maximum atomic E-state index is 10.7. The molecule has 0 atom stereocenters. The van der Waals surface area contributed by atoms with Gasteiger partial charge in [0.05, 0.1) is 29.6 Å². The quantitative estimate of drug-likeness (QED) is 0.138. The molecule has 1 aromatic carbocycles. The van der Waals surface area contributed by atoms with E-state index in [1.54, 1.807) is 0 Å². The van der Waals surface area contributed by atoms with Crippen LogP contribution < -0.4 is 46.1 Å². The number of carbonyl (C=O) groups excluding carboxylic acids is 1. The number of ether oxygens (including phenoxy) is 2. The van der Waals surface area contributed by atoms with Crippen molar-refractivity contribution in [3.63, 3.8) is 0 Å². The molecule has 6 N–H and O–H groups in total. The van der Waals surface area contributed by atoms with Crippen molar-refractivity contribution >= 4 is 22.1 Å². The molecular formula is C16H25N2NaO9S. The molecule has 0 fully saturated rings. The fraction of sp³-hybridized carbons (Fsp3) is 0.500. The van der Waals surface area contributed by atoms with Gasteiger partial charge in [0.2, 0.25) is 0 Å². The molecule has 0 spiro atoms. The van der Waals surface area contributed by atoms with Crippen LogP contribution in [-0.2, 0) is 19.6 Å². The molecular weight excluding hydrogens is 419 g/mol.